The zero-order chi connectivity index (χ0) is 16.9. The van der Waals surface area contributed by atoms with Crippen LogP contribution in [0, 0.1) is 0 Å². The molecular weight excluding hydrogens is 310 g/mol. The fourth-order valence-electron chi connectivity index (χ4n) is 2.08. The second kappa shape index (κ2) is 6.86. The molecule has 2 aromatic heterocycles. The van der Waals surface area contributed by atoms with Crippen molar-refractivity contribution in [2.75, 3.05) is 0 Å². The van der Waals surface area contributed by atoms with E-state index in [1.807, 2.05) is 30.3 Å². The third-order valence-electron chi connectivity index (χ3n) is 3.31. The third kappa shape index (κ3) is 3.72. The molecule has 3 rings (SSSR count). The maximum absolute atomic E-state index is 12.0. The van der Waals surface area contributed by atoms with Gasteiger partial charge < -0.3 is 9.84 Å². The summed E-state index contributed by atoms with van der Waals surface area (Å²) in [5.74, 6) is 0.429. The smallest absolute Gasteiger partial charge is 0.272 e. The van der Waals surface area contributed by atoms with E-state index < -0.39 is 5.91 Å². The van der Waals surface area contributed by atoms with Gasteiger partial charge in [0.05, 0.1) is 6.54 Å². The third-order valence-corrected chi connectivity index (χ3v) is 3.31. The van der Waals surface area contributed by atoms with E-state index in [2.05, 4.69) is 20.6 Å². The largest absolute Gasteiger partial charge is 0.342 e. The van der Waals surface area contributed by atoms with Gasteiger partial charge in [0.15, 0.2) is 5.82 Å². The Morgan fingerprint density at radius 1 is 1.21 bits per heavy atom. The van der Waals surface area contributed by atoms with Gasteiger partial charge in [0.25, 0.3) is 11.5 Å². The number of amides is 1. The zero-order valence-electron chi connectivity index (χ0n) is 13.0. The fraction of sp³-hybridized carbons (Fsp3) is 0.188. The van der Waals surface area contributed by atoms with E-state index in [4.69, 9.17) is 4.52 Å². The first-order valence-corrected chi connectivity index (χ1v) is 7.30. The Labute approximate surface area is 137 Å². The molecule has 1 aromatic carbocycles. The Kier molecular flexibility index (Phi) is 4.46. The lowest BCUT2D eigenvalue weighted by molar-refractivity contribution is 0.0939. The first-order chi connectivity index (χ1) is 11.6. The average Bonchev–Trinajstić information content (AvgIpc) is 3.03. The molecule has 0 aliphatic carbocycles. The van der Waals surface area contributed by atoms with E-state index in [1.54, 1.807) is 0 Å². The van der Waals surface area contributed by atoms with Crippen molar-refractivity contribution in [3.63, 3.8) is 0 Å². The molecular formula is C16H15N5O3. The Bertz CT molecular complexity index is 901. The standard InChI is InChI=1S/C16H15N5O3/c1-21-15(22)8-7-12(19-21)16(23)17-10-14-18-13(20-24-14)9-11-5-3-2-4-6-11/h2-8H,9-10H2,1H3,(H,17,23). The van der Waals surface area contributed by atoms with Crippen molar-refractivity contribution in [1.82, 2.24) is 25.2 Å². The number of nitrogens with zero attached hydrogens (tertiary/aromatic N) is 4. The number of aryl methyl sites for hydroxylation is 1. The zero-order valence-corrected chi connectivity index (χ0v) is 13.0. The van der Waals surface area contributed by atoms with Crippen molar-refractivity contribution in [3.8, 4) is 0 Å². The molecule has 122 valence electrons. The summed E-state index contributed by atoms with van der Waals surface area (Å²) in [6.07, 6.45) is 0.556. The molecule has 0 saturated heterocycles. The van der Waals surface area contributed by atoms with Crippen molar-refractivity contribution >= 4 is 5.91 Å². The molecule has 0 bridgehead atoms. The van der Waals surface area contributed by atoms with E-state index in [1.165, 1.54) is 19.2 Å². The molecule has 8 heteroatoms. The lowest BCUT2D eigenvalue weighted by Crippen LogP contribution is -2.28. The molecule has 0 unspecified atom stereocenters. The van der Waals surface area contributed by atoms with Crippen LogP contribution in [-0.4, -0.2) is 25.8 Å². The van der Waals surface area contributed by atoms with Gasteiger partial charge in [-0.3, -0.25) is 9.59 Å². The van der Waals surface area contributed by atoms with Crippen LogP contribution in [0.4, 0.5) is 0 Å². The van der Waals surface area contributed by atoms with E-state index in [9.17, 15) is 9.59 Å². The molecule has 0 aliphatic rings. The van der Waals surface area contributed by atoms with Crippen molar-refractivity contribution < 1.29 is 9.32 Å². The first kappa shape index (κ1) is 15.6. The van der Waals surface area contributed by atoms with Gasteiger partial charge in [-0.15, -0.1) is 0 Å². The predicted molar refractivity (Wildman–Crippen MR) is 84.2 cm³/mol. The minimum Gasteiger partial charge on any atom is -0.342 e. The SMILES string of the molecule is Cn1nc(C(=O)NCc2nc(Cc3ccccc3)no2)ccc1=O. The number of benzene rings is 1. The van der Waals surface area contributed by atoms with E-state index in [-0.39, 0.29) is 17.8 Å². The fourth-order valence-corrected chi connectivity index (χ4v) is 2.08. The highest BCUT2D eigenvalue weighted by Crippen LogP contribution is 2.06. The van der Waals surface area contributed by atoms with Crippen LogP contribution in [-0.2, 0) is 20.0 Å². The Morgan fingerprint density at radius 3 is 2.75 bits per heavy atom. The van der Waals surface area contributed by atoms with Gasteiger partial charge in [-0.2, -0.15) is 10.1 Å². The molecule has 0 aliphatic heterocycles. The summed E-state index contributed by atoms with van der Waals surface area (Å²) in [4.78, 5) is 27.5. The van der Waals surface area contributed by atoms with Crippen molar-refractivity contribution in [3.05, 3.63) is 75.8 Å². The second-order valence-corrected chi connectivity index (χ2v) is 5.13. The summed E-state index contributed by atoms with van der Waals surface area (Å²) < 4.78 is 6.21. The van der Waals surface area contributed by atoms with Crippen LogP contribution in [0.2, 0.25) is 0 Å². The van der Waals surface area contributed by atoms with Crippen LogP contribution >= 0.6 is 0 Å². The summed E-state index contributed by atoms with van der Waals surface area (Å²) in [6, 6.07) is 12.4. The number of carbonyl (C=O) groups excluding carboxylic acids is 1. The molecule has 0 atom stereocenters. The van der Waals surface area contributed by atoms with Crippen LogP contribution in [0.3, 0.4) is 0 Å². The van der Waals surface area contributed by atoms with Crippen LogP contribution in [0.15, 0.2) is 51.8 Å². The summed E-state index contributed by atoms with van der Waals surface area (Å²) in [5, 5.41) is 10.4. The maximum Gasteiger partial charge on any atom is 0.272 e. The van der Waals surface area contributed by atoms with E-state index in [0.717, 1.165) is 10.2 Å². The predicted octanol–water partition coefficient (Wildman–Crippen LogP) is 0.684. The topological polar surface area (TPSA) is 103 Å². The number of hydrogen-bond donors (Lipinski definition) is 1. The average molecular weight is 325 g/mol. The first-order valence-electron chi connectivity index (χ1n) is 7.30. The lowest BCUT2D eigenvalue weighted by Gasteiger charge is -2.02. The maximum atomic E-state index is 12.0. The van der Waals surface area contributed by atoms with Gasteiger partial charge in [-0.1, -0.05) is 35.5 Å². The summed E-state index contributed by atoms with van der Waals surface area (Å²) in [5.41, 5.74) is 0.929. The van der Waals surface area contributed by atoms with Gasteiger partial charge in [-0.05, 0) is 11.6 Å². The number of hydrogen-bond acceptors (Lipinski definition) is 6. The number of nitrogens with one attached hydrogen (secondary N) is 1. The lowest BCUT2D eigenvalue weighted by atomic mass is 10.1. The molecule has 0 saturated carbocycles. The summed E-state index contributed by atoms with van der Waals surface area (Å²) in [7, 11) is 1.48. The minimum absolute atomic E-state index is 0.0884. The van der Waals surface area contributed by atoms with Gasteiger partial charge >= 0.3 is 0 Å². The molecule has 8 nitrogen and oxygen atoms in total. The van der Waals surface area contributed by atoms with Crippen molar-refractivity contribution in [2.45, 2.75) is 13.0 Å². The number of rotatable bonds is 5. The van der Waals surface area contributed by atoms with E-state index in [0.29, 0.717) is 18.1 Å². The van der Waals surface area contributed by atoms with Gasteiger partial charge in [0.2, 0.25) is 5.89 Å². The van der Waals surface area contributed by atoms with Crippen molar-refractivity contribution in [2.24, 2.45) is 7.05 Å². The molecule has 1 amide bonds. The summed E-state index contributed by atoms with van der Waals surface area (Å²) in [6.45, 7) is 0.0884. The van der Waals surface area contributed by atoms with Gasteiger partial charge in [0.1, 0.15) is 5.69 Å². The summed E-state index contributed by atoms with van der Waals surface area (Å²) >= 11 is 0. The Balaban J connectivity index is 1.59. The van der Waals surface area contributed by atoms with E-state index >= 15 is 0 Å². The minimum atomic E-state index is -0.423. The molecule has 0 radical (unpaired) electrons. The van der Waals surface area contributed by atoms with Crippen molar-refractivity contribution in [1.29, 1.82) is 0 Å². The molecule has 24 heavy (non-hydrogen) atoms. The quantitative estimate of drug-likeness (QED) is 0.740. The van der Waals surface area contributed by atoms with Crippen LogP contribution < -0.4 is 10.9 Å². The van der Waals surface area contributed by atoms with Gasteiger partial charge in [0, 0.05) is 19.5 Å². The van der Waals surface area contributed by atoms with Crippen LogP contribution in [0.25, 0.3) is 0 Å². The highest BCUT2D eigenvalue weighted by atomic mass is 16.5. The van der Waals surface area contributed by atoms with Gasteiger partial charge in [-0.25, -0.2) is 4.68 Å². The number of aromatic nitrogens is 4. The highest BCUT2D eigenvalue weighted by molar-refractivity contribution is 5.91. The second-order valence-electron chi connectivity index (χ2n) is 5.13. The molecule has 0 fully saturated rings. The molecule has 2 heterocycles. The normalized spacial score (nSPS) is 10.5. The monoisotopic (exact) mass is 325 g/mol. The molecule has 0 spiro atoms. The Hall–Kier alpha value is -3.29. The molecule has 3 aromatic rings. The number of carbonyl (C=O) groups is 1. The highest BCUT2D eigenvalue weighted by Gasteiger charge is 2.11. The van der Waals surface area contributed by atoms with Crippen LogP contribution in [0.1, 0.15) is 27.8 Å². The molecule has 1 N–H and O–H groups in total. The van der Waals surface area contributed by atoms with Crippen LogP contribution in [0.5, 0.6) is 0 Å². The Morgan fingerprint density at radius 2 is 2.00 bits per heavy atom.